The molecule has 1 aliphatic heterocycles. The molecule has 1 aliphatic carbocycles. The quantitative estimate of drug-likeness (QED) is 0.692. The van der Waals surface area contributed by atoms with Crippen LogP contribution in [0.4, 0.5) is 0 Å². The predicted molar refractivity (Wildman–Crippen MR) is 103 cm³/mol. The van der Waals surface area contributed by atoms with Gasteiger partial charge in [-0.15, -0.1) is 0 Å². The Morgan fingerprint density at radius 1 is 1.11 bits per heavy atom. The zero-order valence-corrected chi connectivity index (χ0v) is 15.5. The average molecular weight is 361 g/mol. The normalized spacial score (nSPS) is 18.2. The minimum Gasteiger partial charge on any atom is -0.360 e. The van der Waals surface area contributed by atoms with Crippen molar-refractivity contribution in [1.82, 2.24) is 15.0 Å². The van der Waals surface area contributed by atoms with E-state index in [9.17, 15) is 4.79 Å². The predicted octanol–water partition coefficient (Wildman–Crippen LogP) is 4.43. The lowest BCUT2D eigenvalue weighted by Crippen LogP contribution is -2.38. The standard InChI is InChI=1S/C22H23N3O2/c1-14-3-2-4-17-13-23-19(11-18(14)17)15-7-9-25(10-8-15)22(26)20-12-21(27-24-20)16-5-6-16/h2-4,11-13,15-16H,5-10H2,1H3. The van der Waals surface area contributed by atoms with Gasteiger partial charge in [0.2, 0.25) is 0 Å². The fourth-order valence-electron chi connectivity index (χ4n) is 4.06. The highest BCUT2D eigenvalue weighted by atomic mass is 16.5. The summed E-state index contributed by atoms with van der Waals surface area (Å²) >= 11 is 0. The van der Waals surface area contributed by atoms with Crippen molar-refractivity contribution < 1.29 is 9.32 Å². The van der Waals surface area contributed by atoms with E-state index in [1.54, 1.807) is 0 Å². The summed E-state index contributed by atoms with van der Waals surface area (Å²) in [6.07, 6.45) is 6.13. The molecule has 1 amide bonds. The maximum atomic E-state index is 12.7. The van der Waals surface area contributed by atoms with Crippen LogP contribution in [0, 0.1) is 6.92 Å². The molecule has 2 aliphatic rings. The van der Waals surface area contributed by atoms with E-state index in [-0.39, 0.29) is 5.91 Å². The van der Waals surface area contributed by atoms with Gasteiger partial charge in [0.05, 0.1) is 0 Å². The monoisotopic (exact) mass is 361 g/mol. The molecule has 27 heavy (non-hydrogen) atoms. The zero-order chi connectivity index (χ0) is 18.4. The first-order chi connectivity index (χ1) is 13.2. The molecular formula is C22H23N3O2. The molecule has 0 N–H and O–H groups in total. The minimum absolute atomic E-state index is 0.00795. The third-order valence-electron chi connectivity index (χ3n) is 5.93. The Morgan fingerprint density at radius 2 is 1.93 bits per heavy atom. The van der Waals surface area contributed by atoms with E-state index >= 15 is 0 Å². The maximum absolute atomic E-state index is 12.7. The molecule has 1 saturated heterocycles. The van der Waals surface area contributed by atoms with Crippen molar-refractivity contribution in [2.45, 2.75) is 44.4 Å². The molecule has 0 unspecified atom stereocenters. The van der Waals surface area contributed by atoms with Crippen LogP contribution < -0.4 is 0 Å². The number of pyridine rings is 1. The van der Waals surface area contributed by atoms with Gasteiger partial charge in [-0.3, -0.25) is 9.78 Å². The minimum atomic E-state index is -0.00795. The largest absolute Gasteiger partial charge is 0.360 e. The number of rotatable bonds is 3. The number of aryl methyl sites for hydroxylation is 1. The van der Waals surface area contributed by atoms with E-state index < -0.39 is 0 Å². The molecule has 0 radical (unpaired) electrons. The number of fused-ring (bicyclic) bond motifs is 1. The number of amides is 1. The van der Waals surface area contributed by atoms with Crippen molar-refractivity contribution in [3.05, 3.63) is 59.2 Å². The molecular weight excluding hydrogens is 338 g/mol. The summed E-state index contributed by atoms with van der Waals surface area (Å²) in [4.78, 5) is 19.3. The molecule has 2 aromatic heterocycles. The summed E-state index contributed by atoms with van der Waals surface area (Å²) in [5.41, 5.74) is 2.87. The highest BCUT2D eigenvalue weighted by Gasteiger charge is 2.31. The second kappa shape index (κ2) is 6.48. The second-order valence-corrected chi connectivity index (χ2v) is 7.86. The molecule has 1 saturated carbocycles. The molecule has 3 aromatic rings. The second-order valence-electron chi connectivity index (χ2n) is 7.86. The van der Waals surface area contributed by atoms with Gasteiger partial charge in [-0.1, -0.05) is 23.4 Å². The summed E-state index contributed by atoms with van der Waals surface area (Å²) < 4.78 is 5.34. The molecule has 3 heterocycles. The van der Waals surface area contributed by atoms with Crippen molar-refractivity contribution in [3.8, 4) is 0 Å². The number of piperidine rings is 1. The molecule has 138 valence electrons. The number of nitrogens with zero attached hydrogens (tertiary/aromatic N) is 3. The van der Waals surface area contributed by atoms with E-state index in [0.29, 0.717) is 17.5 Å². The number of carbonyl (C=O) groups is 1. The van der Waals surface area contributed by atoms with Gasteiger partial charge in [-0.25, -0.2) is 0 Å². The van der Waals surface area contributed by atoms with Crippen LogP contribution >= 0.6 is 0 Å². The summed E-state index contributed by atoms with van der Waals surface area (Å²) in [7, 11) is 0. The van der Waals surface area contributed by atoms with Crippen LogP contribution in [0.2, 0.25) is 0 Å². The molecule has 0 atom stereocenters. The molecule has 0 bridgehead atoms. The van der Waals surface area contributed by atoms with Crippen molar-refractivity contribution in [3.63, 3.8) is 0 Å². The molecule has 5 rings (SSSR count). The lowest BCUT2D eigenvalue weighted by molar-refractivity contribution is 0.0701. The highest BCUT2D eigenvalue weighted by Crippen LogP contribution is 2.40. The highest BCUT2D eigenvalue weighted by molar-refractivity contribution is 5.92. The SMILES string of the molecule is Cc1cccc2cnc(C3CCN(C(=O)c4cc(C5CC5)on4)CC3)cc12. The molecule has 2 fully saturated rings. The van der Waals surface area contributed by atoms with Crippen molar-refractivity contribution in [2.24, 2.45) is 0 Å². The summed E-state index contributed by atoms with van der Waals surface area (Å²) in [5, 5.41) is 6.45. The first kappa shape index (κ1) is 16.5. The van der Waals surface area contributed by atoms with Gasteiger partial charge in [0.25, 0.3) is 5.91 Å². The van der Waals surface area contributed by atoms with Gasteiger partial charge in [0.1, 0.15) is 5.76 Å². The summed E-state index contributed by atoms with van der Waals surface area (Å²) in [5.74, 6) is 1.74. The molecule has 5 nitrogen and oxygen atoms in total. The maximum Gasteiger partial charge on any atom is 0.276 e. The van der Waals surface area contributed by atoms with Crippen LogP contribution in [-0.4, -0.2) is 34.0 Å². The van der Waals surface area contributed by atoms with Crippen LogP contribution in [0.1, 0.15) is 65.0 Å². The topological polar surface area (TPSA) is 59.2 Å². The third kappa shape index (κ3) is 3.11. The van der Waals surface area contributed by atoms with Gasteiger partial charge >= 0.3 is 0 Å². The Kier molecular flexibility index (Phi) is 3.96. The number of aromatic nitrogens is 2. The Hall–Kier alpha value is -2.69. The number of hydrogen-bond acceptors (Lipinski definition) is 4. The van der Waals surface area contributed by atoms with E-state index in [4.69, 9.17) is 9.51 Å². The van der Waals surface area contributed by atoms with Gasteiger partial charge < -0.3 is 9.42 Å². The van der Waals surface area contributed by atoms with E-state index in [2.05, 4.69) is 36.3 Å². The smallest absolute Gasteiger partial charge is 0.276 e. The summed E-state index contributed by atoms with van der Waals surface area (Å²) in [6.45, 7) is 3.62. The summed E-state index contributed by atoms with van der Waals surface area (Å²) in [6, 6.07) is 10.4. The first-order valence-corrected chi connectivity index (χ1v) is 9.80. The van der Waals surface area contributed by atoms with Crippen molar-refractivity contribution in [1.29, 1.82) is 0 Å². The fourth-order valence-corrected chi connectivity index (χ4v) is 4.06. The lowest BCUT2D eigenvalue weighted by atomic mass is 9.91. The zero-order valence-electron chi connectivity index (χ0n) is 15.5. The van der Waals surface area contributed by atoms with E-state index in [1.165, 1.54) is 16.3 Å². The van der Waals surface area contributed by atoms with E-state index in [1.807, 2.05) is 17.2 Å². The Bertz CT molecular complexity index is 998. The molecule has 1 aromatic carbocycles. The Balaban J connectivity index is 1.28. The van der Waals surface area contributed by atoms with Gasteiger partial charge in [0.15, 0.2) is 5.69 Å². The van der Waals surface area contributed by atoms with Crippen LogP contribution in [0.25, 0.3) is 10.8 Å². The number of hydrogen-bond donors (Lipinski definition) is 0. The Labute approximate surface area is 158 Å². The van der Waals surface area contributed by atoms with Gasteiger partial charge in [-0.05, 0) is 49.6 Å². The average Bonchev–Trinajstić information content (AvgIpc) is 3.44. The van der Waals surface area contributed by atoms with Crippen LogP contribution in [0.3, 0.4) is 0 Å². The number of carbonyl (C=O) groups excluding carboxylic acids is 1. The Morgan fingerprint density at radius 3 is 2.70 bits per heavy atom. The number of benzene rings is 1. The molecule has 5 heteroatoms. The lowest BCUT2D eigenvalue weighted by Gasteiger charge is -2.31. The van der Waals surface area contributed by atoms with Crippen molar-refractivity contribution >= 4 is 16.7 Å². The van der Waals surface area contributed by atoms with E-state index in [0.717, 1.165) is 50.2 Å². The van der Waals surface area contributed by atoms with Gasteiger partial charge in [-0.2, -0.15) is 0 Å². The van der Waals surface area contributed by atoms with Crippen molar-refractivity contribution in [2.75, 3.05) is 13.1 Å². The third-order valence-corrected chi connectivity index (χ3v) is 5.93. The van der Waals surface area contributed by atoms with Crippen LogP contribution in [0.5, 0.6) is 0 Å². The van der Waals surface area contributed by atoms with Crippen LogP contribution in [0.15, 0.2) is 41.1 Å². The fraction of sp³-hybridized carbons (Fsp3) is 0.409. The van der Waals surface area contributed by atoms with Crippen LogP contribution in [-0.2, 0) is 0 Å². The molecule has 0 spiro atoms. The first-order valence-electron chi connectivity index (χ1n) is 9.80. The number of likely N-dealkylation sites (tertiary alicyclic amines) is 1. The van der Waals surface area contributed by atoms with Gasteiger partial charge in [0, 0.05) is 48.3 Å².